The Morgan fingerprint density at radius 2 is 1.90 bits per heavy atom. The number of aryl methyl sites for hydroxylation is 3. The molecule has 0 radical (unpaired) electrons. The summed E-state index contributed by atoms with van der Waals surface area (Å²) in [6.45, 7) is 7.61. The lowest BCUT2D eigenvalue weighted by Crippen LogP contribution is -2.06. The van der Waals surface area contributed by atoms with Gasteiger partial charge in [0, 0.05) is 11.8 Å². The van der Waals surface area contributed by atoms with Crippen LogP contribution in [-0.4, -0.2) is 9.91 Å². The highest BCUT2D eigenvalue weighted by molar-refractivity contribution is 5.47. The van der Waals surface area contributed by atoms with Crippen LogP contribution in [-0.2, 0) is 6.61 Å². The van der Waals surface area contributed by atoms with Gasteiger partial charge in [0.1, 0.15) is 12.4 Å². The van der Waals surface area contributed by atoms with Crippen molar-refractivity contribution in [3.63, 3.8) is 0 Å². The first-order chi connectivity index (χ1) is 9.90. The third-order valence-electron chi connectivity index (χ3n) is 3.45. The molecule has 1 aromatic carbocycles. The van der Waals surface area contributed by atoms with Gasteiger partial charge in [0.2, 0.25) is 0 Å². The monoisotopic (exact) mass is 286 g/mol. The predicted molar refractivity (Wildman–Crippen MR) is 80.6 cm³/mol. The van der Waals surface area contributed by atoms with Gasteiger partial charge in [-0.25, -0.2) is 0 Å². The average Bonchev–Trinajstić information content (AvgIpc) is 2.39. The van der Waals surface area contributed by atoms with E-state index in [1.165, 1.54) is 11.8 Å². The molecular formula is C16H18N2O3. The largest absolute Gasteiger partial charge is 0.487 e. The highest BCUT2D eigenvalue weighted by Crippen LogP contribution is 2.26. The first-order valence-electron chi connectivity index (χ1n) is 6.69. The van der Waals surface area contributed by atoms with Crippen molar-refractivity contribution >= 4 is 5.69 Å². The predicted octanol–water partition coefficient (Wildman–Crippen LogP) is 3.80. The summed E-state index contributed by atoms with van der Waals surface area (Å²) in [5.41, 5.74) is 4.03. The maximum atomic E-state index is 11.1. The van der Waals surface area contributed by atoms with Crippen LogP contribution in [0.5, 0.6) is 5.75 Å². The van der Waals surface area contributed by atoms with Gasteiger partial charge in [-0.3, -0.25) is 15.1 Å². The van der Waals surface area contributed by atoms with Crippen LogP contribution in [0.4, 0.5) is 5.69 Å². The van der Waals surface area contributed by atoms with E-state index < -0.39 is 0 Å². The number of pyridine rings is 1. The number of hydrogen-bond acceptors (Lipinski definition) is 4. The van der Waals surface area contributed by atoms with Gasteiger partial charge in [0.05, 0.1) is 16.2 Å². The molecule has 0 aliphatic rings. The highest BCUT2D eigenvalue weighted by Gasteiger charge is 2.19. The van der Waals surface area contributed by atoms with E-state index in [0.717, 1.165) is 11.3 Å². The zero-order valence-electron chi connectivity index (χ0n) is 12.6. The van der Waals surface area contributed by atoms with Crippen molar-refractivity contribution in [3.8, 4) is 5.75 Å². The molecule has 21 heavy (non-hydrogen) atoms. The number of hydrogen-bond donors (Lipinski definition) is 0. The normalized spacial score (nSPS) is 10.5. The van der Waals surface area contributed by atoms with Crippen molar-refractivity contribution in [2.45, 2.75) is 34.3 Å². The third-order valence-corrected chi connectivity index (χ3v) is 3.45. The maximum Gasteiger partial charge on any atom is 0.278 e. The quantitative estimate of drug-likeness (QED) is 0.633. The Hall–Kier alpha value is -2.43. The molecule has 5 nitrogen and oxygen atoms in total. The fraction of sp³-hybridized carbons (Fsp3) is 0.312. The molecule has 0 aliphatic carbocycles. The molecule has 0 saturated heterocycles. The Labute approximate surface area is 123 Å². The van der Waals surface area contributed by atoms with Gasteiger partial charge in [0.25, 0.3) is 5.69 Å². The summed E-state index contributed by atoms with van der Waals surface area (Å²) < 4.78 is 5.75. The van der Waals surface area contributed by atoms with E-state index in [1.807, 2.05) is 32.0 Å². The zero-order valence-corrected chi connectivity index (χ0v) is 12.6. The summed E-state index contributed by atoms with van der Waals surface area (Å²) in [7, 11) is 0. The van der Waals surface area contributed by atoms with Crippen molar-refractivity contribution in [2.24, 2.45) is 0 Å². The molecular weight excluding hydrogens is 268 g/mol. The van der Waals surface area contributed by atoms with Crippen LogP contribution in [0.2, 0.25) is 0 Å². The Bertz CT molecular complexity index is 696. The van der Waals surface area contributed by atoms with Crippen molar-refractivity contribution in [1.82, 2.24) is 4.98 Å². The lowest BCUT2D eigenvalue weighted by atomic mass is 10.1. The van der Waals surface area contributed by atoms with Crippen LogP contribution in [0.3, 0.4) is 0 Å². The number of rotatable bonds is 4. The van der Waals surface area contributed by atoms with Gasteiger partial charge in [-0.2, -0.15) is 0 Å². The minimum absolute atomic E-state index is 0.115. The molecule has 0 fully saturated rings. The molecule has 5 heteroatoms. The summed E-state index contributed by atoms with van der Waals surface area (Å²) >= 11 is 0. The lowest BCUT2D eigenvalue weighted by Gasteiger charge is -2.11. The molecule has 2 rings (SSSR count). The lowest BCUT2D eigenvalue weighted by molar-refractivity contribution is -0.386. The number of nitro groups is 1. The SMILES string of the molecule is Cc1ccc(OCc2ncc(C)c([N+](=O)[O-])c2C)c(C)c1. The van der Waals surface area contributed by atoms with E-state index in [0.29, 0.717) is 16.8 Å². The molecule has 0 spiro atoms. The van der Waals surface area contributed by atoms with Gasteiger partial charge in [-0.1, -0.05) is 17.7 Å². The summed E-state index contributed by atoms with van der Waals surface area (Å²) in [6.07, 6.45) is 1.52. The molecule has 2 aromatic rings. The summed E-state index contributed by atoms with van der Waals surface area (Å²) in [4.78, 5) is 15.0. The second-order valence-electron chi connectivity index (χ2n) is 5.18. The molecule has 110 valence electrons. The Morgan fingerprint density at radius 3 is 2.52 bits per heavy atom. The second kappa shape index (κ2) is 5.91. The molecule has 1 aromatic heterocycles. The number of benzene rings is 1. The molecule has 1 heterocycles. The number of nitrogens with zero attached hydrogens (tertiary/aromatic N) is 2. The molecule has 0 atom stereocenters. The van der Waals surface area contributed by atoms with Crippen LogP contribution in [0.1, 0.15) is 27.9 Å². The Balaban J connectivity index is 2.24. The standard InChI is InChI=1S/C16H18N2O3/c1-10-5-6-15(11(2)7-10)21-9-14-13(4)16(18(19)20)12(3)8-17-14/h5-8H,9H2,1-4H3. The second-order valence-corrected chi connectivity index (χ2v) is 5.18. The summed E-state index contributed by atoms with van der Waals surface area (Å²) in [5, 5.41) is 11.1. The molecule has 0 amide bonds. The van der Waals surface area contributed by atoms with Gasteiger partial charge in [-0.15, -0.1) is 0 Å². The first-order valence-corrected chi connectivity index (χ1v) is 6.69. The van der Waals surface area contributed by atoms with Gasteiger partial charge >= 0.3 is 0 Å². The van der Waals surface area contributed by atoms with E-state index in [1.54, 1.807) is 13.8 Å². The number of ether oxygens (including phenoxy) is 1. The topological polar surface area (TPSA) is 65.3 Å². The van der Waals surface area contributed by atoms with Crippen molar-refractivity contribution in [1.29, 1.82) is 0 Å². The van der Waals surface area contributed by atoms with E-state index >= 15 is 0 Å². The van der Waals surface area contributed by atoms with Crippen LogP contribution in [0.25, 0.3) is 0 Å². The fourth-order valence-electron chi connectivity index (χ4n) is 2.30. The average molecular weight is 286 g/mol. The molecule has 0 bridgehead atoms. The Kier molecular flexibility index (Phi) is 4.21. The minimum atomic E-state index is -0.368. The molecule has 0 unspecified atom stereocenters. The van der Waals surface area contributed by atoms with Crippen LogP contribution in [0.15, 0.2) is 24.4 Å². The molecule has 0 aliphatic heterocycles. The fourth-order valence-corrected chi connectivity index (χ4v) is 2.30. The van der Waals surface area contributed by atoms with Gasteiger partial charge in [-0.05, 0) is 39.3 Å². The van der Waals surface area contributed by atoms with Crippen molar-refractivity contribution in [3.05, 3.63) is 62.5 Å². The summed E-state index contributed by atoms with van der Waals surface area (Å²) in [5.74, 6) is 0.769. The number of aromatic nitrogens is 1. The van der Waals surface area contributed by atoms with E-state index in [-0.39, 0.29) is 17.2 Å². The van der Waals surface area contributed by atoms with Crippen LogP contribution < -0.4 is 4.74 Å². The van der Waals surface area contributed by atoms with E-state index in [9.17, 15) is 10.1 Å². The van der Waals surface area contributed by atoms with Crippen LogP contribution in [0, 0.1) is 37.8 Å². The zero-order chi connectivity index (χ0) is 15.6. The van der Waals surface area contributed by atoms with Crippen molar-refractivity contribution < 1.29 is 9.66 Å². The maximum absolute atomic E-state index is 11.1. The highest BCUT2D eigenvalue weighted by atomic mass is 16.6. The smallest absolute Gasteiger partial charge is 0.278 e. The van der Waals surface area contributed by atoms with Crippen LogP contribution >= 0.6 is 0 Å². The van der Waals surface area contributed by atoms with Gasteiger partial charge < -0.3 is 4.74 Å². The summed E-state index contributed by atoms with van der Waals surface area (Å²) in [6, 6.07) is 5.91. The first kappa shape index (κ1) is 15.0. The third kappa shape index (κ3) is 3.18. The molecule has 0 N–H and O–H groups in total. The molecule has 0 saturated carbocycles. The van der Waals surface area contributed by atoms with E-state index in [4.69, 9.17) is 4.74 Å². The minimum Gasteiger partial charge on any atom is -0.487 e. The van der Waals surface area contributed by atoms with Crippen molar-refractivity contribution in [2.75, 3.05) is 0 Å². The van der Waals surface area contributed by atoms with Gasteiger partial charge in [0.15, 0.2) is 0 Å². The Morgan fingerprint density at radius 1 is 1.19 bits per heavy atom. The van der Waals surface area contributed by atoms with E-state index in [2.05, 4.69) is 4.98 Å².